The molecule has 1 aromatic rings. The number of likely N-dealkylation sites (tertiary alicyclic amines) is 1. The van der Waals surface area contributed by atoms with Crippen LogP contribution in [0.15, 0.2) is 24.3 Å². The van der Waals surface area contributed by atoms with E-state index in [2.05, 4.69) is 5.32 Å². The minimum atomic E-state index is -0.776. The van der Waals surface area contributed by atoms with Gasteiger partial charge >= 0.3 is 6.09 Å². The van der Waals surface area contributed by atoms with Gasteiger partial charge in [-0.3, -0.25) is 4.90 Å². The van der Waals surface area contributed by atoms with Crippen molar-refractivity contribution in [2.24, 2.45) is 0 Å². The lowest BCUT2D eigenvalue weighted by Gasteiger charge is -2.37. The SMILES string of the molecule is CC(C)(C)OC(=O)N[C@H](CN1CC(F)C1)c1cccc(Cl)c1. The summed E-state index contributed by atoms with van der Waals surface area (Å²) < 4.78 is 18.3. The highest BCUT2D eigenvalue weighted by atomic mass is 35.5. The number of amides is 1. The third kappa shape index (κ3) is 5.14. The number of nitrogens with one attached hydrogen (secondary N) is 1. The fourth-order valence-corrected chi connectivity index (χ4v) is 2.52. The summed E-state index contributed by atoms with van der Waals surface area (Å²) in [5.41, 5.74) is 0.310. The molecule has 0 bridgehead atoms. The van der Waals surface area contributed by atoms with E-state index < -0.39 is 17.9 Å². The third-order valence-corrected chi connectivity index (χ3v) is 3.53. The number of nitrogens with zero attached hydrogens (tertiary/aromatic N) is 1. The van der Waals surface area contributed by atoms with Gasteiger partial charge in [-0.15, -0.1) is 0 Å². The highest BCUT2D eigenvalue weighted by Crippen LogP contribution is 2.22. The van der Waals surface area contributed by atoms with Crippen LogP contribution >= 0.6 is 11.6 Å². The normalized spacial score (nSPS) is 17.7. The van der Waals surface area contributed by atoms with Crippen molar-refractivity contribution in [3.8, 4) is 0 Å². The summed E-state index contributed by atoms with van der Waals surface area (Å²) in [5.74, 6) is 0. The lowest BCUT2D eigenvalue weighted by Crippen LogP contribution is -2.52. The first-order chi connectivity index (χ1) is 10.2. The molecule has 1 N–H and O–H groups in total. The molecule has 0 unspecified atom stereocenters. The molecule has 2 rings (SSSR count). The Kier molecular flexibility index (Phi) is 5.29. The molecule has 1 aliphatic rings. The first-order valence-electron chi connectivity index (χ1n) is 7.34. The molecular weight excluding hydrogens is 307 g/mol. The van der Waals surface area contributed by atoms with Crippen molar-refractivity contribution in [1.82, 2.24) is 10.2 Å². The maximum absolute atomic E-state index is 13.0. The van der Waals surface area contributed by atoms with E-state index in [0.29, 0.717) is 24.7 Å². The molecule has 1 amide bonds. The zero-order valence-electron chi connectivity index (χ0n) is 13.1. The van der Waals surface area contributed by atoms with Crippen LogP contribution in [0.4, 0.5) is 9.18 Å². The quantitative estimate of drug-likeness (QED) is 0.919. The van der Waals surface area contributed by atoms with E-state index in [4.69, 9.17) is 16.3 Å². The van der Waals surface area contributed by atoms with Crippen LogP contribution in [0.2, 0.25) is 5.02 Å². The molecule has 0 aliphatic carbocycles. The van der Waals surface area contributed by atoms with Crippen LogP contribution in [-0.4, -0.2) is 42.4 Å². The molecule has 1 heterocycles. The number of rotatable bonds is 4. The van der Waals surface area contributed by atoms with Crippen molar-refractivity contribution < 1.29 is 13.9 Å². The number of halogens is 2. The van der Waals surface area contributed by atoms with Crippen molar-refractivity contribution in [2.45, 2.75) is 38.6 Å². The van der Waals surface area contributed by atoms with Gasteiger partial charge in [0.2, 0.25) is 0 Å². The van der Waals surface area contributed by atoms with E-state index in [-0.39, 0.29) is 6.04 Å². The van der Waals surface area contributed by atoms with Gasteiger partial charge in [-0.05, 0) is 38.5 Å². The number of hydrogen-bond acceptors (Lipinski definition) is 3. The highest BCUT2D eigenvalue weighted by Gasteiger charge is 2.30. The summed E-state index contributed by atoms with van der Waals surface area (Å²) in [6.07, 6.45) is -1.27. The fourth-order valence-electron chi connectivity index (χ4n) is 2.32. The summed E-state index contributed by atoms with van der Waals surface area (Å²) in [4.78, 5) is 14.0. The van der Waals surface area contributed by atoms with Gasteiger partial charge in [0.25, 0.3) is 0 Å². The molecule has 6 heteroatoms. The number of alkyl carbamates (subject to hydrolysis) is 1. The molecule has 122 valence electrons. The minimum absolute atomic E-state index is 0.291. The average Bonchev–Trinajstić information content (AvgIpc) is 2.33. The number of carbonyl (C=O) groups is 1. The molecular formula is C16H22ClFN2O2. The van der Waals surface area contributed by atoms with Crippen molar-refractivity contribution in [3.05, 3.63) is 34.9 Å². The van der Waals surface area contributed by atoms with Crippen LogP contribution in [-0.2, 0) is 4.74 Å². The number of carbonyl (C=O) groups excluding carboxylic acids is 1. The van der Waals surface area contributed by atoms with Gasteiger partial charge in [0.15, 0.2) is 0 Å². The zero-order chi connectivity index (χ0) is 16.3. The summed E-state index contributed by atoms with van der Waals surface area (Å²) in [5, 5.41) is 3.44. The molecule has 1 atom stereocenters. The number of benzene rings is 1. The minimum Gasteiger partial charge on any atom is -0.444 e. The molecule has 0 spiro atoms. The smallest absolute Gasteiger partial charge is 0.408 e. The van der Waals surface area contributed by atoms with Crippen LogP contribution in [0.1, 0.15) is 32.4 Å². The second kappa shape index (κ2) is 6.84. The van der Waals surface area contributed by atoms with Gasteiger partial charge < -0.3 is 10.1 Å². The van der Waals surface area contributed by atoms with E-state index in [0.717, 1.165) is 5.56 Å². The molecule has 1 saturated heterocycles. The van der Waals surface area contributed by atoms with Crippen LogP contribution in [0, 0.1) is 0 Å². The average molecular weight is 329 g/mol. The highest BCUT2D eigenvalue weighted by molar-refractivity contribution is 6.30. The van der Waals surface area contributed by atoms with E-state index in [1.807, 2.05) is 37.8 Å². The van der Waals surface area contributed by atoms with Gasteiger partial charge in [0.1, 0.15) is 11.8 Å². The second-order valence-corrected chi connectivity index (χ2v) is 7.01. The van der Waals surface area contributed by atoms with E-state index in [1.165, 1.54) is 0 Å². The van der Waals surface area contributed by atoms with Crippen molar-refractivity contribution >= 4 is 17.7 Å². The molecule has 1 aromatic carbocycles. The number of alkyl halides is 1. The summed E-state index contributed by atoms with van der Waals surface area (Å²) in [6, 6.07) is 7.00. The Hall–Kier alpha value is -1.33. The fraction of sp³-hybridized carbons (Fsp3) is 0.562. The molecule has 4 nitrogen and oxygen atoms in total. The Morgan fingerprint density at radius 3 is 2.73 bits per heavy atom. The summed E-state index contributed by atoms with van der Waals surface area (Å²) in [6.45, 7) is 6.75. The predicted molar refractivity (Wildman–Crippen MR) is 84.9 cm³/mol. The maximum Gasteiger partial charge on any atom is 0.408 e. The van der Waals surface area contributed by atoms with Crippen molar-refractivity contribution in [2.75, 3.05) is 19.6 Å². The summed E-state index contributed by atoms with van der Waals surface area (Å²) >= 11 is 6.02. The van der Waals surface area contributed by atoms with Crippen molar-refractivity contribution in [3.63, 3.8) is 0 Å². The van der Waals surface area contributed by atoms with E-state index in [9.17, 15) is 9.18 Å². The number of hydrogen-bond donors (Lipinski definition) is 1. The predicted octanol–water partition coefficient (Wildman–Crippen LogP) is 3.56. The Bertz CT molecular complexity index is 527. The second-order valence-electron chi connectivity index (χ2n) is 6.57. The standard InChI is InChI=1S/C16H22ClFN2O2/c1-16(2,3)22-15(21)19-14(10-20-8-13(18)9-20)11-5-4-6-12(17)7-11/h4-7,13-14H,8-10H2,1-3H3,(H,19,21)/t14-/m1/s1. The first kappa shape index (κ1) is 17.0. The van der Waals surface area contributed by atoms with E-state index >= 15 is 0 Å². The Labute approximate surface area is 135 Å². The van der Waals surface area contributed by atoms with Crippen LogP contribution < -0.4 is 5.32 Å². The van der Waals surface area contributed by atoms with Gasteiger partial charge in [-0.25, -0.2) is 9.18 Å². The molecule has 22 heavy (non-hydrogen) atoms. The Morgan fingerprint density at radius 2 is 2.18 bits per heavy atom. The van der Waals surface area contributed by atoms with Gasteiger partial charge in [-0.1, -0.05) is 23.7 Å². The molecule has 1 aliphatic heterocycles. The lowest BCUT2D eigenvalue weighted by atomic mass is 10.0. The van der Waals surface area contributed by atoms with Crippen LogP contribution in [0.25, 0.3) is 0 Å². The number of ether oxygens (including phenoxy) is 1. The molecule has 0 radical (unpaired) electrons. The Balaban J connectivity index is 2.06. The van der Waals surface area contributed by atoms with E-state index in [1.54, 1.807) is 12.1 Å². The van der Waals surface area contributed by atoms with Crippen LogP contribution in [0.3, 0.4) is 0 Å². The zero-order valence-corrected chi connectivity index (χ0v) is 13.9. The third-order valence-electron chi connectivity index (χ3n) is 3.30. The van der Waals surface area contributed by atoms with Crippen molar-refractivity contribution in [1.29, 1.82) is 0 Å². The van der Waals surface area contributed by atoms with Gasteiger partial charge in [-0.2, -0.15) is 0 Å². The largest absolute Gasteiger partial charge is 0.444 e. The Morgan fingerprint density at radius 1 is 1.50 bits per heavy atom. The molecule has 1 fully saturated rings. The van der Waals surface area contributed by atoms with Gasteiger partial charge in [0, 0.05) is 24.7 Å². The molecule has 0 aromatic heterocycles. The van der Waals surface area contributed by atoms with Crippen LogP contribution in [0.5, 0.6) is 0 Å². The first-order valence-corrected chi connectivity index (χ1v) is 7.72. The monoisotopic (exact) mass is 328 g/mol. The maximum atomic E-state index is 13.0. The van der Waals surface area contributed by atoms with Gasteiger partial charge in [0.05, 0.1) is 6.04 Å². The molecule has 0 saturated carbocycles. The summed E-state index contributed by atoms with van der Waals surface area (Å²) in [7, 11) is 0. The topological polar surface area (TPSA) is 41.6 Å². The lowest BCUT2D eigenvalue weighted by molar-refractivity contribution is 0.0391.